The maximum atomic E-state index is 12.3. The zero-order chi connectivity index (χ0) is 106. The van der Waals surface area contributed by atoms with Gasteiger partial charge >= 0.3 is 18.2 Å². The van der Waals surface area contributed by atoms with Gasteiger partial charge < -0.3 is 96.6 Å². The summed E-state index contributed by atoms with van der Waals surface area (Å²) in [6, 6.07) is 55.7. The van der Waals surface area contributed by atoms with Gasteiger partial charge in [-0.3, -0.25) is 29.1 Å². The second-order valence-corrected chi connectivity index (χ2v) is 38.0. The van der Waals surface area contributed by atoms with E-state index in [1.54, 1.807) is 64.2 Å². The molecule has 17 atom stereocenters. The molecule has 7 aromatic carbocycles. The molecule has 3 aliphatic carbocycles. The minimum absolute atomic E-state index is 0.0205. The predicted octanol–water partition coefficient (Wildman–Crippen LogP) is 24.1. The van der Waals surface area contributed by atoms with Crippen molar-refractivity contribution < 1.29 is 105 Å². The van der Waals surface area contributed by atoms with Crippen molar-refractivity contribution in [3.8, 4) is 34.5 Å². The summed E-state index contributed by atoms with van der Waals surface area (Å²) in [7, 11) is 10.7. The number of nitrogens with one attached hydrogen (secondary N) is 3. The third-order valence-corrected chi connectivity index (χ3v) is 27.3. The average Bonchev–Trinajstić information content (AvgIpc) is 1.60. The van der Waals surface area contributed by atoms with E-state index in [-0.39, 0.29) is 76.0 Å². The van der Waals surface area contributed by atoms with Gasteiger partial charge in [-0.1, -0.05) is 188 Å². The number of rotatable bonds is 53. The molecule has 1 heterocycles. The highest BCUT2D eigenvalue weighted by Crippen LogP contribution is 2.60. The first-order valence-electron chi connectivity index (χ1n) is 52.4. The second kappa shape index (κ2) is 67.3. The van der Waals surface area contributed by atoms with Crippen molar-refractivity contribution >= 4 is 35.9 Å². The van der Waals surface area contributed by atoms with E-state index in [9.17, 15) is 28.8 Å². The van der Waals surface area contributed by atoms with Gasteiger partial charge in [-0.05, 0) is 290 Å². The first kappa shape index (κ1) is 123. The lowest BCUT2D eigenvalue weighted by molar-refractivity contribution is -0.162. The molecule has 17 unspecified atom stereocenters. The van der Waals surface area contributed by atoms with Crippen LogP contribution >= 0.6 is 0 Å². The SMILES string of the molecule is CCC(C)c1ccc(OC(C)OCCCC(=O)NC)cc1.CCC(C)c1ccc(OC(C)OCCN(CNC)C(=O)NC)cc1.CCC(C)c1ccc(OC(C)OCCN(COC)C(=O)OC)cc1.CCC(C)c1ccc(OC(C)OCCN2C(=O)c3ccccc3C2=O)cc1.CCC(C)c1ccc(OC(C)OCN(COC)C(=O)OC)cc1.CCC(C)c1ccc(OC(OC2CC3CC2C2CCCC32)C(C)C)cc1. The summed E-state index contributed by atoms with van der Waals surface area (Å²) in [5.41, 5.74) is 8.79. The van der Waals surface area contributed by atoms with Crippen LogP contribution in [0, 0.1) is 29.6 Å². The quantitative estimate of drug-likeness (QED) is 0.0181. The fourth-order valence-corrected chi connectivity index (χ4v) is 17.3. The summed E-state index contributed by atoms with van der Waals surface area (Å²) >= 11 is 0. The largest absolute Gasteiger partial charge is 0.465 e. The van der Waals surface area contributed by atoms with Gasteiger partial charge in [0.1, 0.15) is 54.7 Å². The Morgan fingerprint density at radius 2 is 0.717 bits per heavy atom. The van der Waals surface area contributed by atoms with Crippen LogP contribution in [0.2, 0.25) is 0 Å². The Balaban J connectivity index is 0.000000267. The van der Waals surface area contributed by atoms with Crippen molar-refractivity contribution in [2.24, 2.45) is 29.6 Å². The van der Waals surface area contributed by atoms with Crippen molar-refractivity contribution in [3.05, 3.63) is 214 Å². The van der Waals surface area contributed by atoms with Crippen LogP contribution in [-0.2, 0) is 52.2 Å². The highest BCUT2D eigenvalue weighted by atomic mass is 16.7. The van der Waals surface area contributed by atoms with Crippen molar-refractivity contribution in [1.82, 2.24) is 35.6 Å². The van der Waals surface area contributed by atoms with Gasteiger partial charge in [0, 0.05) is 53.7 Å². The summed E-state index contributed by atoms with van der Waals surface area (Å²) < 4.78 is 88.6. The molecular weight excluding hydrogens is 1840 g/mol. The summed E-state index contributed by atoms with van der Waals surface area (Å²) in [6.07, 6.45) is 12.2. The topological polar surface area (TPSA) is 299 Å². The second-order valence-electron chi connectivity index (χ2n) is 38.0. The van der Waals surface area contributed by atoms with Crippen LogP contribution in [0.1, 0.15) is 305 Å². The molecule has 29 heteroatoms. The fourth-order valence-electron chi connectivity index (χ4n) is 17.3. The molecule has 0 spiro atoms. The maximum Gasteiger partial charge on any atom is 0.413 e. The van der Waals surface area contributed by atoms with Crippen molar-refractivity contribution in [2.45, 2.75) is 294 Å². The highest BCUT2D eigenvalue weighted by Gasteiger charge is 2.55. The Hall–Kier alpha value is -10.6. The standard InChI is InChI=1S/C24H36O2.C22H25NO4.C18H31N3O3.C18H29NO5.C17H27NO5.C17H27NO3/c1-5-16(4)17-9-11-19(12-10-17)25-24(15(2)3)26-23-14-18-13-22(23)21-8-6-7-20(18)21;1-4-15(2)17-9-11-18(12-10-17)27-16(3)26-14-13-23-21(24)19-7-5-6-8-20(19)22(23)25;1-6-14(2)16-7-9-17(10-8-16)24-15(3)23-12-11-21(13-19-4)18(22)20-5;1-6-14(2)16-7-9-17(10-8-16)24-15(3)23-12-11-19(13-21-4)18(20)22-5;1-6-13(2)15-7-9-16(10-8-15)23-14(3)22-12-18(11-20-4)17(19)21-5;1-5-13(2)15-8-10-16(11-9-15)21-14(3)20-12-6-7-17(19)18-4/h9-12,15-16,18,20-24H,5-8,13-14H2,1-4H3;5-12,15-16H,4,13-14H2,1-3H3;7-10,14-15,19H,6,11-13H2,1-5H3,(H,20,22);7-10,14-15H,6,11-13H2,1-5H3;7-10,13-14H,6,11-12H2,1-5H3;8-11,13-14H,5-7,12H2,1-4H3,(H,18,19). The average molecular weight is 2020 g/mol. The van der Waals surface area contributed by atoms with E-state index in [1.165, 1.54) is 115 Å². The van der Waals surface area contributed by atoms with Crippen LogP contribution in [-0.4, -0.2) is 222 Å². The zero-order valence-corrected chi connectivity index (χ0v) is 91.8. The van der Waals surface area contributed by atoms with Gasteiger partial charge in [-0.25, -0.2) is 14.4 Å². The number of carbonyl (C=O) groups is 6. The Morgan fingerprint density at radius 3 is 1.06 bits per heavy atom. The number of fused-ring (bicyclic) bond motifs is 6. The van der Waals surface area contributed by atoms with Gasteiger partial charge in [-0.15, -0.1) is 0 Å². The lowest BCUT2D eigenvalue weighted by Gasteiger charge is -2.35. The molecule has 145 heavy (non-hydrogen) atoms. The number of amides is 7. The van der Waals surface area contributed by atoms with E-state index >= 15 is 0 Å². The summed E-state index contributed by atoms with van der Waals surface area (Å²) in [5, 5.41) is 8.15. The Bertz CT molecular complexity index is 4650. The molecule has 806 valence electrons. The van der Waals surface area contributed by atoms with Crippen LogP contribution in [0.3, 0.4) is 0 Å². The molecule has 0 saturated heterocycles. The highest BCUT2D eigenvalue weighted by molar-refractivity contribution is 6.21. The number of urea groups is 1. The molecular formula is C116H175N7O22. The molecule has 4 aliphatic rings. The molecule has 7 aromatic rings. The lowest BCUT2D eigenvalue weighted by atomic mass is 9.80. The van der Waals surface area contributed by atoms with E-state index in [1.807, 2.05) is 81.4 Å². The van der Waals surface area contributed by atoms with Gasteiger partial charge in [0.15, 0.2) is 31.5 Å². The Kier molecular flexibility index (Phi) is 57.1. The molecule has 3 saturated carbocycles. The van der Waals surface area contributed by atoms with Crippen molar-refractivity contribution in [2.75, 3.05) is 123 Å². The van der Waals surface area contributed by atoms with Gasteiger partial charge in [0.05, 0.1) is 71.1 Å². The molecule has 11 rings (SSSR count). The third-order valence-electron chi connectivity index (χ3n) is 27.3. The smallest absolute Gasteiger partial charge is 0.413 e. The van der Waals surface area contributed by atoms with Crippen LogP contribution < -0.4 is 44.4 Å². The summed E-state index contributed by atoms with van der Waals surface area (Å²) in [6.45, 7) is 43.2. The van der Waals surface area contributed by atoms with E-state index < -0.39 is 31.1 Å². The number of ether oxygens (including phenoxy) is 16. The number of benzene rings is 7. The minimum Gasteiger partial charge on any atom is -0.465 e. The normalized spacial score (nSPS) is 17.6. The lowest BCUT2D eigenvalue weighted by Crippen LogP contribution is -2.44. The zero-order valence-electron chi connectivity index (χ0n) is 91.8. The Labute approximate surface area is 866 Å². The Morgan fingerprint density at radius 1 is 0.379 bits per heavy atom. The molecule has 0 aromatic heterocycles. The van der Waals surface area contributed by atoms with E-state index in [0.29, 0.717) is 111 Å². The van der Waals surface area contributed by atoms with Gasteiger partial charge in [-0.2, -0.15) is 0 Å². The molecule has 29 nitrogen and oxygen atoms in total. The fraction of sp³-hybridized carbons (Fsp3) is 0.586. The monoisotopic (exact) mass is 2020 g/mol. The van der Waals surface area contributed by atoms with E-state index in [0.717, 1.165) is 90.3 Å². The number of hydrogen-bond donors (Lipinski definition) is 3. The predicted molar refractivity (Wildman–Crippen MR) is 570 cm³/mol. The number of hydrogen-bond acceptors (Lipinski definition) is 23. The third kappa shape index (κ3) is 42.3. The molecule has 3 N–H and O–H groups in total. The van der Waals surface area contributed by atoms with E-state index in [4.69, 9.17) is 66.3 Å². The summed E-state index contributed by atoms with van der Waals surface area (Å²) in [4.78, 5) is 75.9. The van der Waals surface area contributed by atoms with Crippen molar-refractivity contribution in [3.63, 3.8) is 0 Å². The van der Waals surface area contributed by atoms with Gasteiger partial charge in [0.25, 0.3) is 11.8 Å². The number of imide groups is 1. The first-order valence-corrected chi connectivity index (χ1v) is 52.4. The number of carbonyl (C=O) groups excluding carboxylic acids is 6. The van der Waals surface area contributed by atoms with Crippen LogP contribution in [0.25, 0.3) is 0 Å². The molecule has 1 aliphatic heterocycles. The molecule has 7 amide bonds. The van der Waals surface area contributed by atoms with Crippen LogP contribution in [0.4, 0.5) is 14.4 Å². The van der Waals surface area contributed by atoms with Gasteiger partial charge in [0.2, 0.25) is 12.2 Å². The van der Waals surface area contributed by atoms with Crippen LogP contribution in [0.15, 0.2) is 170 Å². The molecule has 0 radical (unpaired) electrons. The number of nitrogens with zero attached hydrogens (tertiary/aromatic N) is 4. The molecule has 2 bridgehead atoms. The first-order chi connectivity index (χ1) is 69.7. The maximum absolute atomic E-state index is 12.3. The van der Waals surface area contributed by atoms with Crippen LogP contribution in [0.5, 0.6) is 34.5 Å². The number of methoxy groups -OCH3 is 4. The minimum atomic E-state index is -0.517. The van der Waals surface area contributed by atoms with Crippen molar-refractivity contribution in [1.29, 1.82) is 0 Å². The molecule has 3 fully saturated rings. The van der Waals surface area contributed by atoms with E-state index in [2.05, 4.69) is 207 Å². The summed E-state index contributed by atoms with van der Waals surface area (Å²) in [5.74, 6) is 11.6.